The lowest BCUT2D eigenvalue weighted by molar-refractivity contribution is 0.303. The molecule has 1 atom stereocenters. The van der Waals surface area contributed by atoms with Crippen LogP contribution in [0.25, 0.3) is 0 Å². The monoisotopic (exact) mass is 351 g/mol. The summed E-state index contributed by atoms with van der Waals surface area (Å²) in [6.45, 7) is 3.08. The highest BCUT2D eigenvalue weighted by Crippen LogP contribution is 2.31. The van der Waals surface area contributed by atoms with Gasteiger partial charge < -0.3 is 10.1 Å². The summed E-state index contributed by atoms with van der Waals surface area (Å²) in [5.41, 5.74) is 2.58. The van der Waals surface area contributed by atoms with Crippen molar-refractivity contribution in [1.29, 1.82) is 0 Å². The third-order valence-corrected chi connectivity index (χ3v) is 4.89. The predicted octanol–water partition coefficient (Wildman–Crippen LogP) is 4.75. The lowest BCUT2D eigenvalue weighted by atomic mass is 10.0. The zero-order valence-electron chi connectivity index (χ0n) is 11.4. The number of nitrogens with one attached hydrogen (secondary N) is 1. The second-order valence-electron chi connectivity index (χ2n) is 5.06. The summed E-state index contributed by atoms with van der Waals surface area (Å²) in [7, 11) is 0. The van der Waals surface area contributed by atoms with Crippen LogP contribution in [0.15, 0.2) is 39.5 Å². The lowest BCUT2D eigenvalue weighted by Crippen LogP contribution is -2.21. The fourth-order valence-electron chi connectivity index (χ4n) is 2.22. The van der Waals surface area contributed by atoms with Gasteiger partial charge in [0.2, 0.25) is 0 Å². The largest absolute Gasteiger partial charge is 0.490 e. The molecule has 1 saturated carbocycles. The van der Waals surface area contributed by atoms with Gasteiger partial charge in [0, 0.05) is 0 Å². The molecule has 106 valence electrons. The van der Waals surface area contributed by atoms with E-state index < -0.39 is 0 Å². The summed E-state index contributed by atoms with van der Waals surface area (Å²) >= 11 is 5.27. The summed E-state index contributed by atoms with van der Waals surface area (Å²) in [5, 5.41) is 5.75. The summed E-state index contributed by atoms with van der Waals surface area (Å²) in [5.74, 6) is 0.984. The molecule has 2 aromatic rings. The SMILES string of the molecule is CCNC(c1ccc(OC2CC2)cc1)c1csc(Br)c1. The second kappa shape index (κ2) is 6.29. The summed E-state index contributed by atoms with van der Waals surface area (Å²) in [6.07, 6.45) is 2.85. The maximum atomic E-state index is 5.80. The third kappa shape index (κ3) is 3.43. The molecule has 0 bridgehead atoms. The van der Waals surface area contributed by atoms with Gasteiger partial charge >= 0.3 is 0 Å². The van der Waals surface area contributed by atoms with E-state index >= 15 is 0 Å². The topological polar surface area (TPSA) is 21.3 Å². The Morgan fingerprint density at radius 2 is 2.05 bits per heavy atom. The molecule has 1 heterocycles. The van der Waals surface area contributed by atoms with Crippen molar-refractivity contribution < 1.29 is 4.74 Å². The smallest absolute Gasteiger partial charge is 0.119 e. The van der Waals surface area contributed by atoms with Crippen LogP contribution in [0.2, 0.25) is 0 Å². The zero-order valence-corrected chi connectivity index (χ0v) is 13.8. The molecule has 1 unspecified atom stereocenters. The Labute approximate surface area is 132 Å². The summed E-state index contributed by atoms with van der Waals surface area (Å²) in [6, 6.07) is 10.9. The molecule has 1 aromatic carbocycles. The number of ether oxygens (including phenoxy) is 1. The zero-order chi connectivity index (χ0) is 13.9. The molecule has 1 fully saturated rings. The molecule has 1 aromatic heterocycles. The average molecular weight is 352 g/mol. The molecule has 0 radical (unpaired) electrons. The van der Waals surface area contributed by atoms with Crippen molar-refractivity contribution in [3.8, 4) is 5.75 Å². The van der Waals surface area contributed by atoms with Crippen molar-refractivity contribution in [3.05, 3.63) is 50.6 Å². The molecule has 3 rings (SSSR count). The van der Waals surface area contributed by atoms with Gasteiger partial charge in [0.05, 0.1) is 15.9 Å². The van der Waals surface area contributed by atoms with E-state index in [1.807, 2.05) is 0 Å². The molecule has 0 amide bonds. The molecule has 0 saturated heterocycles. The molecular weight excluding hydrogens is 334 g/mol. The van der Waals surface area contributed by atoms with Crippen molar-refractivity contribution in [2.45, 2.75) is 31.9 Å². The average Bonchev–Trinajstić information content (AvgIpc) is 3.17. The third-order valence-electron chi connectivity index (χ3n) is 3.37. The van der Waals surface area contributed by atoms with E-state index in [9.17, 15) is 0 Å². The summed E-state index contributed by atoms with van der Waals surface area (Å²) < 4.78 is 6.97. The van der Waals surface area contributed by atoms with Gasteiger partial charge in [-0.25, -0.2) is 0 Å². The highest BCUT2D eigenvalue weighted by atomic mass is 79.9. The van der Waals surface area contributed by atoms with Gasteiger partial charge in [0.1, 0.15) is 5.75 Å². The van der Waals surface area contributed by atoms with Crippen LogP contribution in [-0.4, -0.2) is 12.6 Å². The first kappa shape index (κ1) is 14.1. The van der Waals surface area contributed by atoms with E-state index in [0.717, 1.165) is 12.3 Å². The van der Waals surface area contributed by atoms with Crippen LogP contribution in [0, 0.1) is 0 Å². The number of rotatable bonds is 6. The van der Waals surface area contributed by atoms with E-state index in [4.69, 9.17) is 4.74 Å². The fourth-order valence-corrected chi connectivity index (χ4v) is 3.43. The maximum Gasteiger partial charge on any atom is 0.119 e. The van der Waals surface area contributed by atoms with Crippen LogP contribution >= 0.6 is 27.3 Å². The Balaban J connectivity index is 1.79. The van der Waals surface area contributed by atoms with E-state index in [2.05, 4.69) is 63.9 Å². The molecule has 20 heavy (non-hydrogen) atoms. The van der Waals surface area contributed by atoms with E-state index in [-0.39, 0.29) is 6.04 Å². The van der Waals surface area contributed by atoms with Gasteiger partial charge in [0.15, 0.2) is 0 Å². The Morgan fingerprint density at radius 3 is 2.60 bits per heavy atom. The standard InChI is InChI=1S/C16H18BrNOS/c1-2-18-16(12-9-15(17)20-10-12)11-3-5-13(6-4-11)19-14-7-8-14/h3-6,9-10,14,16,18H,2,7-8H2,1H3. The Hall–Kier alpha value is -0.840. The molecule has 1 N–H and O–H groups in total. The second-order valence-corrected chi connectivity index (χ2v) is 7.35. The van der Waals surface area contributed by atoms with Gasteiger partial charge in [-0.1, -0.05) is 19.1 Å². The van der Waals surface area contributed by atoms with E-state index in [1.165, 1.54) is 27.8 Å². The Kier molecular flexibility index (Phi) is 4.44. The van der Waals surface area contributed by atoms with Gasteiger partial charge in [-0.2, -0.15) is 0 Å². The van der Waals surface area contributed by atoms with Crippen LogP contribution in [0.1, 0.15) is 36.9 Å². The first-order valence-corrected chi connectivity index (χ1v) is 8.67. The normalized spacial score (nSPS) is 16.1. The van der Waals surface area contributed by atoms with Crippen molar-refractivity contribution in [3.63, 3.8) is 0 Å². The van der Waals surface area contributed by atoms with Gasteiger partial charge in [-0.3, -0.25) is 0 Å². The highest BCUT2D eigenvalue weighted by molar-refractivity contribution is 9.11. The Morgan fingerprint density at radius 1 is 1.30 bits per heavy atom. The van der Waals surface area contributed by atoms with Crippen LogP contribution in [0.3, 0.4) is 0 Å². The van der Waals surface area contributed by atoms with Gasteiger partial charge in [-0.05, 0) is 70.0 Å². The van der Waals surface area contributed by atoms with Crippen LogP contribution in [-0.2, 0) is 0 Å². The van der Waals surface area contributed by atoms with Gasteiger partial charge in [-0.15, -0.1) is 11.3 Å². The number of halogens is 1. The minimum Gasteiger partial charge on any atom is -0.490 e. The minimum absolute atomic E-state index is 0.248. The molecule has 4 heteroatoms. The highest BCUT2D eigenvalue weighted by Gasteiger charge is 2.23. The molecule has 0 spiro atoms. The Bertz CT molecular complexity index is 562. The molecule has 0 aliphatic heterocycles. The summed E-state index contributed by atoms with van der Waals surface area (Å²) in [4.78, 5) is 0. The fraction of sp³-hybridized carbons (Fsp3) is 0.375. The van der Waals surface area contributed by atoms with Crippen LogP contribution in [0.4, 0.5) is 0 Å². The number of benzene rings is 1. The van der Waals surface area contributed by atoms with Crippen molar-refractivity contribution >= 4 is 27.3 Å². The lowest BCUT2D eigenvalue weighted by Gasteiger charge is -2.18. The molecule has 2 nitrogen and oxygen atoms in total. The van der Waals surface area contributed by atoms with Crippen molar-refractivity contribution in [2.75, 3.05) is 6.54 Å². The first-order valence-electron chi connectivity index (χ1n) is 7.00. The number of thiophene rings is 1. The van der Waals surface area contributed by atoms with Crippen LogP contribution < -0.4 is 10.1 Å². The van der Waals surface area contributed by atoms with Crippen molar-refractivity contribution in [1.82, 2.24) is 5.32 Å². The maximum absolute atomic E-state index is 5.80. The predicted molar refractivity (Wildman–Crippen MR) is 87.6 cm³/mol. The number of hydrogen-bond acceptors (Lipinski definition) is 3. The molecule has 1 aliphatic rings. The molecular formula is C16H18BrNOS. The number of hydrogen-bond donors (Lipinski definition) is 1. The quantitative estimate of drug-likeness (QED) is 0.810. The minimum atomic E-state index is 0.248. The van der Waals surface area contributed by atoms with Gasteiger partial charge in [0.25, 0.3) is 0 Å². The first-order chi connectivity index (χ1) is 9.76. The van der Waals surface area contributed by atoms with E-state index in [0.29, 0.717) is 6.10 Å². The molecule has 1 aliphatic carbocycles. The van der Waals surface area contributed by atoms with Crippen LogP contribution in [0.5, 0.6) is 5.75 Å². The van der Waals surface area contributed by atoms with E-state index in [1.54, 1.807) is 11.3 Å². The van der Waals surface area contributed by atoms with Crippen molar-refractivity contribution in [2.24, 2.45) is 0 Å².